The topological polar surface area (TPSA) is 49.5 Å². The average molecular weight is 202 g/mol. The van der Waals surface area contributed by atoms with E-state index in [4.69, 9.17) is 5.73 Å². The van der Waals surface area contributed by atoms with Gasteiger partial charge in [-0.25, -0.2) is 0 Å². The van der Waals surface area contributed by atoms with E-state index in [0.717, 1.165) is 13.1 Å². The van der Waals surface area contributed by atoms with Crippen molar-refractivity contribution in [2.45, 2.75) is 33.7 Å². The molecule has 0 aromatic carbocycles. The molecule has 0 rings (SSSR count). The van der Waals surface area contributed by atoms with Gasteiger partial charge in [-0.05, 0) is 25.6 Å². The number of rotatable bonds is 7. The number of aliphatic hydroxyl groups is 1. The van der Waals surface area contributed by atoms with Gasteiger partial charge >= 0.3 is 0 Å². The second-order valence-corrected chi connectivity index (χ2v) is 4.13. The van der Waals surface area contributed by atoms with Gasteiger partial charge in [-0.2, -0.15) is 0 Å². The summed E-state index contributed by atoms with van der Waals surface area (Å²) >= 11 is 0. The quantitative estimate of drug-likeness (QED) is 0.645. The molecule has 86 valence electrons. The van der Waals surface area contributed by atoms with E-state index in [0.29, 0.717) is 18.5 Å². The van der Waals surface area contributed by atoms with Gasteiger partial charge in [-0.1, -0.05) is 27.7 Å². The Labute approximate surface area is 88.3 Å². The van der Waals surface area contributed by atoms with Gasteiger partial charge in [0.05, 0.1) is 0 Å². The summed E-state index contributed by atoms with van der Waals surface area (Å²) in [7, 11) is 0. The van der Waals surface area contributed by atoms with Crippen LogP contribution in [0.3, 0.4) is 0 Å². The fourth-order valence-electron chi connectivity index (χ4n) is 2.23. The number of nitrogens with two attached hydrogens (primary N) is 1. The Hall–Kier alpha value is -0.120. The number of aliphatic hydroxyl groups excluding tert-OH is 1. The molecule has 3 N–H and O–H groups in total. The van der Waals surface area contributed by atoms with E-state index < -0.39 is 0 Å². The molecule has 0 spiro atoms. The Kier molecular flexibility index (Phi) is 7.15. The summed E-state index contributed by atoms with van der Waals surface area (Å²) in [5.74, 6) is 0.741. The summed E-state index contributed by atoms with van der Waals surface area (Å²) < 4.78 is 0. The zero-order valence-corrected chi connectivity index (χ0v) is 10.0. The van der Waals surface area contributed by atoms with Crippen LogP contribution in [0.25, 0.3) is 0 Å². The SMILES string of the molecule is CCN(CC)C(C(C)C)C(CN)CO. The van der Waals surface area contributed by atoms with Crippen molar-refractivity contribution in [1.29, 1.82) is 0 Å². The minimum atomic E-state index is 0.190. The highest BCUT2D eigenvalue weighted by Crippen LogP contribution is 2.18. The maximum Gasteiger partial charge on any atom is 0.0486 e. The van der Waals surface area contributed by atoms with Crippen molar-refractivity contribution in [2.75, 3.05) is 26.2 Å². The highest BCUT2D eigenvalue weighted by atomic mass is 16.3. The first kappa shape index (κ1) is 13.9. The van der Waals surface area contributed by atoms with Crippen LogP contribution in [0.4, 0.5) is 0 Å². The summed E-state index contributed by atoms with van der Waals surface area (Å²) in [4.78, 5) is 2.39. The van der Waals surface area contributed by atoms with Crippen molar-refractivity contribution < 1.29 is 5.11 Å². The molecule has 2 atom stereocenters. The maximum absolute atomic E-state index is 9.28. The lowest BCUT2D eigenvalue weighted by molar-refractivity contribution is 0.0779. The molecule has 0 saturated carbocycles. The van der Waals surface area contributed by atoms with Gasteiger partial charge in [0.1, 0.15) is 0 Å². The molecule has 0 saturated heterocycles. The molecule has 0 heterocycles. The van der Waals surface area contributed by atoms with Crippen LogP contribution in [0, 0.1) is 11.8 Å². The highest BCUT2D eigenvalue weighted by molar-refractivity contribution is 4.81. The molecule has 0 aliphatic heterocycles. The summed E-state index contributed by atoms with van der Waals surface area (Å²) in [6, 6.07) is 0.403. The lowest BCUT2D eigenvalue weighted by Gasteiger charge is -2.37. The molecule has 0 radical (unpaired) electrons. The molecule has 14 heavy (non-hydrogen) atoms. The minimum absolute atomic E-state index is 0.190. The van der Waals surface area contributed by atoms with Crippen molar-refractivity contribution >= 4 is 0 Å². The summed E-state index contributed by atoms with van der Waals surface area (Å²) in [5, 5.41) is 9.28. The molecule has 2 unspecified atom stereocenters. The number of hydrogen-bond acceptors (Lipinski definition) is 3. The number of nitrogens with zero attached hydrogens (tertiary/aromatic N) is 1. The Morgan fingerprint density at radius 3 is 1.93 bits per heavy atom. The monoisotopic (exact) mass is 202 g/mol. The second kappa shape index (κ2) is 7.21. The van der Waals surface area contributed by atoms with Crippen molar-refractivity contribution in [3.8, 4) is 0 Å². The van der Waals surface area contributed by atoms with E-state index in [1.807, 2.05) is 0 Å². The fraction of sp³-hybridized carbons (Fsp3) is 1.00. The van der Waals surface area contributed by atoms with E-state index in [2.05, 4.69) is 32.6 Å². The first-order valence-corrected chi connectivity index (χ1v) is 5.67. The second-order valence-electron chi connectivity index (χ2n) is 4.13. The molecule has 0 aliphatic carbocycles. The molecule has 0 aliphatic rings. The van der Waals surface area contributed by atoms with E-state index >= 15 is 0 Å². The van der Waals surface area contributed by atoms with Crippen LogP contribution in [-0.2, 0) is 0 Å². The summed E-state index contributed by atoms with van der Waals surface area (Å²) in [6.07, 6.45) is 0. The van der Waals surface area contributed by atoms with Gasteiger partial charge in [-0.3, -0.25) is 0 Å². The molecule has 3 heteroatoms. The Bertz CT molecular complexity index is 119. The zero-order valence-electron chi connectivity index (χ0n) is 10.0. The van der Waals surface area contributed by atoms with E-state index in [1.54, 1.807) is 0 Å². The minimum Gasteiger partial charge on any atom is -0.396 e. The van der Waals surface area contributed by atoms with Crippen molar-refractivity contribution in [3.05, 3.63) is 0 Å². The lowest BCUT2D eigenvalue weighted by Crippen LogP contribution is -2.47. The van der Waals surface area contributed by atoms with Gasteiger partial charge in [0.15, 0.2) is 0 Å². The third-order valence-electron chi connectivity index (χ3n) is 2.94. The van der Waals surface area contributed by atoms with Crippen molar-refractivity contribution in [3.63, 3.8) is 0 Å². The van der Waals surface area contributed by atoms with Gasteiger partial charge in [0.2, 0.25) is 0 Å². The van der Waals surface area contributed by atoms with Crippen LogP contribution in [-0.4, -0.2) is 42.3 Å². The smallest absolute Gasteiger partial charge is 0.0486 e. The molecule has 0 bridgehead atoms. The summed E-state index contributed by atoms with van der Waals surface area (Å²) in [6.45, 7) is 11.5. The van der Waals surface area contributed by atoms with Crippen LogP contribution in [0.2, 0.25) is 0 Å². The molecular weight excluding hydrogens is 176 g/mol. The van der Waals surface area contributed by atoms with E-state index in [-0.39, 0.29) is 12.5 Å². The Balaban J connectivity index is 4.54. The molecule has 0 amide bonds. The van der Waals surface area contributed by atoms with Crippen molar-refractivity contribution in [1.82, 2.24) is 4.90 Å². The van der Waals surface area contributed by atoms with E-state index in [9.17, 15) is 5.11 Å². The van der Waals surface area contributed by atoms with Gasteiger partial charge in [0.25, 0.3) is 0 Å². The molecular formula is C11H26N2O. The third kappa shape index (κ3) is 3.56. The van der Waals surface area contributed by atoms with Crippen LogP contribution >= 0.6 is 0 Å². The number of hydrogen-bond donors (Lipinski definition) is 2. The van der Waals surface area contributed by atoms with Gasteiger partial charge < -0.3 is 15.7 Å². The first-order valence-electron chi connectivity index (χ1n) is 5.67. The zero-order chi connectivity index (χ0) is 11.1. The molecule has 0 aromatic rings. The largest absolute Gasteiger partial charge is 0.396 e. The highest BCUT2D eigenvalue weighted by Gasteiger charge is 2.26. The third-order valence-corrected chi connectivity index (χ3v) is 2.94. The Morgan fingerprint density at radius 2 is 1.71 bits per heavy atom. The molecule has 0 fully saturated rings. The van der Waals surface area contributed by atoms with Crippen LogP contribution in [0.15, 0.2) is 0 Å². The van der Waals surface area contributed by atoms with Crippen LogP contribution in [0.1, 0.15) is 27.7 Å². The van der Waals surface area contributed by atoms with E-state index in [1.165, 1.54) is 0 Å². The van der Waals surface area contributed by atoms with Gasteiger partial charge in [0, 0.05) is 18.6 Å². The fourth-order valence-corrected chi connectivity index (χ4v) is 2.23. The maximum atomic E-state index is 9.28. The molecule has 0 aromatic heterocycles. The van der Waals surface area contributed by atoms with Crippen molar-refractivity contribution in [2.24, 2.45) is 17.6 Å². The first-order chi connectivity index (χ1) is 6.62. The lowest BCUT2D eigenvalue weighted by atomic mass is 9.89. The predicted molar refractivity (Wildman–Crippen MR) is 61.2 cm³/mol. The van der Waals surface area contributed by atoms with Crippen LogP contribution < -0.4 is 5.73 Å². The van der Waals surface area contributed by atoms with Gasteiger partial charge in [-0.15, -0.1) is 0 Å². The predicted octanol–water partition coefficient (Wildman–Crippen LogP) is 0.920. The average Bonchev–Trinajstić information content (AvgIpc) is 2.18. The summed E-state index contributed by atoms with van der Waals surface area (Å²) in [5.41, 5.74) is 5.68. The standard InChI is InChI=1S/C11H26N2O/c1-5-13(6-2)11(9(3)4)10(7-12)8-14/h9-11,14H,5-8,12H2,1-4H3. The normalized spacial score (nSPS) is 16.3. The van der Waals surface area contributed by atoms with Crippen LogP contribution in [0.5, 0.6) is 0 Å². The Morgan fingerprint density at radius 1 is 1.21 bits per heavy atom. The molecule has 3 nitrogen and oxygen atoms in total.